The first-order valence-electron chi connectivity index (χ1n) is 11.1. The van der Waals surface area contributed by atoms with E-state index >= 15 is 0 Å². The van der Waals surface area contributed by atoms with Gasteiger partial charge in [-0.05, 0) is 30.3 Å². The minimum absolute atomic E-state index is 0.162. The second kappa shape index (κ2) is 10.6. The normalized spacial score (nSPS) is 14.9. The van der Waals surface area contributed by atoms with Crippen LogP contribution < -0.4 is 9.47 Å². The van der Waals surface area contributed by atoms with E-state index in [1.165, 1.54) is 9.91 Å². The summed E-state index contributed by atoms with van der Waals surface area (Å²) in [5.74, 6) is 0.711. The van der Waals surface area contributed by atoms with E-state index in [0.29, 0.717) is 28.5 Å². The fraction of sp³-hybridized carbons (Fsp3) is 0.222. The molecule has 35 heavy (non-hydrogen) atoms. The van der Waals surface area contributed by atoms with Crippen LogP contribution in [0.3, 0.4) is 0 Å². The highest BCUT2D eigenvalue weighted by Crippen LogP contribution is 2.37. The Bertz CT molecular complexity index is 1280. The zero-order chi connectivity index (χ0) is 24.9. The molecule has 180 valence electrons. The molecule has 0 aliphatic carbocycles. The highest BCUT2D eigenvalue weighted by atomic mass is 35.5. The molecular formula is C27H26ClN3O4. The van der Waals surface area contributed by atoms with Gasteiger partial charge in [-0.3, -0.25) is 9.59 Å². The molecule has 0 saturated heterocycles. The third-order valence-corrected chi connectivity index (χ3v) is 6.22. The Morgan fingerprint density at radius 3 is 2.51 bits per heavy atom. The molecule has 0 fully saturated rings. The number of para-hydroxylation sites is 1. The summed E-state index contributed by atoms with van der Waals surface area (Å²) >= 11 is 6.19. The third kappa shape index (κ3) is 5.15. The number of rotatable bonds is 7. The van der Waals surface area contributed by atoms with Crippen LogP contribution in [0.1, 0.15) is 33.9 Å². The molecule has 0 aromatic heterocycles. The van der Waals surface area contributed by atoms with E-state index in [0.717, 1.165) is 16.8 Å². The number of ether oxygens (including phenoxy) is 2. The molecular weight excluding hydrogens is 466 g/mol. The number of hydrogen-bond acceptors (Lipinski definition) is 5. The smallest absolute Gasteiger partial charge is 0.262 e. The molecule has 0 N–H and O–H groups in total. The number of nitrogens with zero attached hydrogens (tertiary/aromatic N) is 3. The van der Waals surface area contributed by atoms with Gasteiger partial charge in [0.25, 0.3) is 11.8 Å². The van der Waals surface area contributed by atoms with E-state index in [1.807, 2.05) is 48.5 Å². The van der Waals surface area contributed by atoms with Crippen molar-refractivity contribution in [1.82, 2.24) is 9.91 Å². The van der Waals surface area contributed by atoms with Gasteiger partial charge >= 0.3 is 0 Å². The van der Waals surface area contributed by atoms with Crippen molar-refractivity contribution < 1.29 is 19.1 Å². The molecule has 7 nitrogen and oxygen atoms in total. The van der Waals surface area contributed by atoms with Crippen molar-refractivity contribution in [1.29, 1.82) is 0 Å². The molecule has 1 aliphatic rings. The van der Waals surface area contributed by atoms with Crippen LogP contribution in [0.5, 0.6) is 11.5 Å². The van der Waals surface area contributed by atoms with Crippen molar-refractivity contribution >= 4 is 29.1 Å². The summed E-state index contributed by atoms with van der Waals surface area (Å²) in [7, 11) is 4.78. The number of hydrazone groups is 1. The number of carbonyl (C=O) groups is 2. The van der Waals surface area contributed by atoms with Crippen LogP contribution in [-0.2, 0) is 4.79 Å². The number of methoxy groups -OCH3 is 2. The summed E-state index contributed by atoms with van der Waals surface area (Å²) in [6, 6.07) is 21.5. The largest absolute Gasteiger partial charge is 0.497 e. The zero-order valence-electron chi connectivity index (χ0n) is 19.8. The van der Waals surface area contributed by atoms with Gasteiger partial charge in [0.1, 0.15) is 18.0 Å². The zero-order valence-corrected chi connectivity index (χ0v) is 20.5. The first kappa shape index (κ1) is 24.3. The Morgan fingerprint density at radius 1 is 1.03 bits per heavy atom. The lowest BCUT2D eigenvalue weighted by atomic mass is 9.97. The molecule has 0 unspecified atom stereocenters. The van der Waals surface area contributed by atoms with Gasteiger partial charge in [0, 0.05) is 24.6 Å². The molecule has 4 rings (SSSR count). The average molecular weight is 492 g/mol. The lowest BCUT2D eigenvalue weighted by molar-refractivity contribution is -0.133. The topological polar surface area (TPSA) is 71.4 Å². The lowest BCUT2D eigenvalue weighted by Crippen LogP contribution is -2.39. The van der Waals surface area contributed by atoms with Gasteiger partial charge in [0.2, 0.25) is 0 Å². The molecule has 1 heterocycles. The van der Waals surface area contributed by atoms with E-state index in [2.05, 4.69) is 0 Å². The van der Waals surface area contributed by atoms with E-state index in [-0.39, 0.29) is 24.4 Å². The van der Waals surface area contributed by atoms with Crippen molar-refractivity contribution in [3.8, 4) is 11.5 Å². The lowest BCUT2D eigenvalue weighted by Gasteiger charge is -2.26. The Hall–Kier alpha value is -3.84. The highest BCUT2D eigenvalue weighted by molar-refractivity contribution is 6.33. The van der Waals surface area contributed by atoms with Gasteiger partial charge in [0.15, 0.2) is 0 Å². The third-order valence-electron chi connectivity index (χ3n) is 5.89. The minimum Gasteiger partial charge on any atom is -0.497 e. The molecule has 3 aromatic rings. The molecule has 8 heteroatoms. The van der Waals surface area contributed by atoms with Crippen molar-refractivity contribution in [2.75, 3.05) is 27.8 Å². The summed E-state index contributed by atoms with van der Waals surface area (Å²) in [6.45, 7) is -0.162. The maximum Gasteiger partial charge on any atom is 0.262 e. The van der Waals surface area contributed by atoms with Crippen LogP contribution in [0.4, 0.5) is 0 Å². The molecule has 1 aliphatic heterocycles. The Kier molecular flexibility index (Phi) is 7.36. The predicted octanol–water partition coefficient (Wildman–Crippen LogP) is 4.81. The number of carbonyl (C=O) groups excluding carboxylic acids is 2. The quantitative estimate of drug-likeness (QED) is 0.475. The van der Waals surface area contributed by atoms with Crippen LogP contribution in [0.25, 0.3) is 0 Å². The number of hydrogen-bond donors (Lipinski definition) is 0. The predicted molar refractivity (Wildman–Crippen MR) is 135 cm³/mol. The van der Waals surface area contributed by atoms with Crippen LogP contribution in [0.15, 0.2) is 77.9 Å². The van der Waals surface area contributed by atoms with Gasteiger partial charge in [-0.2, -0.15) is 5.10 Å². The molecule has 3 aromatic carbocycles. The molecule has 0 radical (unpaired) electrons. The van der Waals surface area contributed by atoms with Gasteiger partial charge in [-0.25, -0.2) is 5.01 Å². The number of likely N-dealkylation sites (N-methyl/N-ethyl adjacent to an activating group) is 1. The standard InChI is InChI=1S/C27H26ClN3O4/c1-30(27(33)20-11-4-6-13-22(20)28)17-26(32)31-24(21-12-5-7-14-25(21)35-3)16-23(29-31)18-9-8-10-19(15-18)34-2/h4-15,24H,16-17H2,1-3H3/t24-/m1/s1. The SMILES string of the molecule is COc1cccc(C2=NN(C(=O)CN(C)C(=O)c3ccccc3Cl)[C@@H](c3ccccc3OC)C2)c1. The molecule has 1 atom stereocenters. The fourth-order valence-corrected chi connectivity index (χ4v) is 4.31. The molecule has 0 spiro atoms. The summed E-state index contributed by atoms with van der Waals surface area (Å²) in [5.41, 5.74) is 2.78. The fourth-order valence-electron chi connectivity index (χ4n) is 4.09. The number of benzene rings is 3. The Labute approximate surface area is 209 Å². The maximum absolute atomic E-state index is 13.5. The molecule has 0 bridgehead atoms. The second-order valence-corrected chi connectivity index (χ2v) is 8.53. The van der Waals surface area contributed by atoms with Gasteiger partial charge in [-0.15, -0.1) is 0 Å². The summed E-state index contributed by atoms with van der Waals surface area (Å²) in [6.07, 6.45) is 0.488. The van der Waals surface area contributed by atoms with Gasteiger partial charge < -0.3 is 14.4 Å². The van der Waals surface area contributed by atoms with Crippen molar-refractivity contribution in [3.05, 3.63) is 94.5 Å². The Balaban J connectivity index is 1.64. The van der Waals surface area contributed by atoms with Gasteiger partial charge in [0.05, 0.1) is 36.6 Å². The van der Waals surface area contributed by atoms with E-state index in [4.69, 9.17) is 26.2 Å². The summed E-state index contributed by atoms with van der Waals surface area (Å²) in [5, 5.41) is 6.48. The van der Waals surface area contributed by atoms with Gasteiger partial charge in [-0.1, -0.05) is 54.1 Å². The molecule has 2 amide bonds. The van der Waals surface area contributed by atoms with E-state index < -0.39 is 0 Å². The van der Waals surface area contributed by atoms with Crippen LogP contribution >= 0.6 is 11.6 Å². The first-order chi connectivity index (χ1) is 16.9. The second-order valence-electron chi connectivity index (χ2n) is 8.12. The number of halogens is 1. The summed E-state index contributed by atoms with van der Waals surface area (Å²) < 4.78 is 10.9. The minimum atomic E-state index is -0.385. The van der Waals surface area contributed by atoms with Crippen LogP contribution in [0.2, 0.25) is 5.02 Å². The maximum atomic E-state index is 13.5. The first-order valence-corrected chi connectivity index (χ1v) is 11.5. The average Bonchev–Trinajstić information content (AvgIpc) is 3.34. The van der Waals surface area contributed by atoms with Crippen molar-refractivity contribution in [2.45, 2.75) is 12.5 Å². The number of amides is 2. The van der Waals surface area contributed by atoms with Crippen molar-refractivity contribution in [2.24, 2.45) is 5.10 Å². The van der Waals surface area contributed by atoms with Crippen LogP contribution in [-0.4, -0.2) is 55.2 Å². The highest BCUT2D eigenvalue weighted by Gasteiger charge is 2.35. The van der Waals surface area contributed by atoms with Crippen LogP contribution in [0, 0.1) is 0 Å². The van der Waals surface area contributed by atoms with Crippen molar-refractivity contribution in [3.63, 3.8) is 0 Å². The van der Waals surface area contributed by atoms with E-state index in [9.17, 15) is 9.59 Å². The Morgan fingerprint density at radius 2 is 1.77 bits per heavy atom. The monoisotopic (exact) mass is 491 g/mol. The van der Waals surface area contributed by atoms with E-state index in [1.54, 1.807) is 45.5 Å². The summed E-state index contributed by atoms with van der Waals surface area (Å²) in [4.78, 5) is 27.8. The molecule has 0 saturated carbocycles.